The first-order valence-electron chi connectivity index (χ1n) is 5.78. The molecular formula is C15H12F2OS. The molecule has 1 atom stereocenters. The summed E-state index contributed by atoms with van der Waals surface area (Å²) in [6, 6.07) is 11.5. The normalized spacial score (nSPS) is 12.2. The Morgan fingerprint density at radius 3 is 1.95 bits per heavy atom. The van der Waals surface area contributed by atoms with Gasteiger partial charge in [-0.25, -0.2) is 8.78 Å². The summed E-state index contributed by atoms with van der Waals surface area (Å²) in [7, 11) is 0. The molecule has 0 aliphatic heterocycles. The first kappa shape index (κ1) is 13.7. The maximum atomic E-state index is 12.8. The van der Waals surface area contributed by atoms with Crippen molar-refractivity contribution in [1.82, 2.24) is 0 Å². The van der Waals surface area contributed by atoms with E-state index in [1.165, 1.54) is 48.2 Å². The standard InChI is InChI=1S/C15H12F2OS/c1-10(19-14-8-6-13(17)7-9-14)15(18)11-2-4-12(16)5-3-11/h2-10H,1H3. The van der Waals surface area contributed by atoms with Gasteiger partial charge in [0.1, 0.15) is 11.6 Å². The predicted octanol–water partition coefficient (Wildman–Crippen LogP) is 4.33. The molecule has 1 nitrogen and oxygen atoms in total. The molecule has 0 aliphatic carbocycles. The topological polar surface area (TPSA) is 17.1 Å². The molecule has 0 N–H and O–H groups in total. The van der Waals surface area contributed by atoms with Gasteiger partial charge in [-0.2, -0.15) is 0 Å². The van der Waals surface area contributed by atoms with Gasteiger partial charge in [-0.3, -0.25) is 4.79 Å². The van der Waals surface area contributed by atoms with Crippen LogP contribution in [0, 0.1) is 11.6 Å². The Bertz CT molecular complexity index is 564. The van der Waals surface area contributed by atoms with Gasteiger partial charge in [-0.15, -0.1) is 11.8 Å². The number of halogens is 2. The van der Waals surface area contributed by atoms with E-state index in [4.69, 9.17) is 0 Å². The van der Waals surface area contributed by atoms with E-state index in [9.17, 15) is 13.6 Å². The number of carbonyl (C=O) groups is 1. The molecule has 98 valence electrons. The zero-order valence-corrected chi connectivity index (χ0v) is 11.1. The Hall–Kier alpha value is -1.68. The Balaban J connectivity index is 2.07. The summed E-state index contributed by atoms with van der Waals surface area (Å²) in [5, 5.41) is -0.309. The zero-order valence-electron chi connectivity index (χ0n) is 10.3. The number of hydrogen-bond acceptors (Lipinski definition) is 2. The Kier molecular flexibility index (Phi) is 4.32. The van der Waals surface area contributed by atoms with E-state index >= 15 is 0 Å². The van der Waals surface area contributed by atoms with E-state index in [-0.39, 0.29) is 22.7 Å². The summed E-state index contributed by atoms with van der Waals surface area (Å²) < 4.78 is 25.6. The Morgan fingerprint density at radius 1 is 0.947 bits per heavy atom. The monoisotopic (exact) mass is 278 g/mol. The maximum absolute atomic E-state index is 12.8. The lowest BCUT2D eigenvalue weighted by Gasteiger charge is -2.10. The van der Waals surface area contributed by atoms with Gasteiger partial charge in [-0.05, 0) is 55.5 Å². The molecule has 2 aromatic carbocycles. The van der Waals surface area contributed by atoms with Crippen LogP contribution in [-0.2, 0) is 0 Å². The van der Waals surface area contributed by atoms with E-state index in [0.717, 1.165) is 4.90 Å². The molecule has 4 heteroatoms. The number of rotatable bonds is 4. The average molecular weight is 278 g/mol. The SMILES string of the molecule is CC(Sc1ccc(F)cc1)C(=O)c1ccc(F)cc1. The summed E-state index contributed by atoms with van der Waals surface area (Å²) in [6.45, 7) is 1.78. The third kappa shape index (κ3) is 3.64. The second-order valence-corrected chi connectivity index (χ2v) is 5.50. The Labute approximate surface area is 114 Å². The highest BCUT2D eigenvalue weighted by molar-refractivity contribution is 8.00. The molecule has 0 aromatic heterocycles. The number of hydrogen-bond donors (Lipinski definition) is 0. The average Bonchev–Trinajstić information content (AvgIpc) is 2.41. The van der Waals surface area contributed by atoms with Crippen molar-refractivity contribution < 1.29 is 13.6 Å². The van der Waals surface area contributed by atoms with Crippen molar-refractivity contribution in [2.75, 3.05) is 0 Å². The van der Waals surface area contributed by atoms with Gasteiger partial charge in [0.25, 0.3) is 0 Å². The van der Waals surface area contributed by atoms with Gasteiger partial charge < -0.3 is 0 Å². The van der Waals surface area contributed by atoms with Crippen LogP contribution in [0.1, 0.15) is 17.3 Å². The van der Waals surface area contributed by atoms with Gasteiger partial charge in [0.05, 0.1) is 5.25 Å². The molecule has 0 bridgehead atoms. The lowest BCUT2D eigenvalue weighted by molar-refractivity contribution is 0.0994. The van der Waals surface area contributed by atoms with Crippen LogP contribution in [0.3, 0.4) is 0 Å². The number of Topliss-reactive ketones (excluding diaryl/α,β-unsaturated/α-hetero) is 1. The van der Waals surface area contributed by atoms with Gasteiger partial charge in [-0.1, -0.05) is 0 Å². The minimum Gasteiger partial charge on any atom is -0.293 e. The first-order valence-corrected chi connectivity index (χ1v) is 6.66. The van der Waals surface area contributed by atoms with Crippen molar-refractivity contribution in [3.05, 3.63) is 65.7 Å². The Morgan fingerprint density at radius 2 is 1.42 bits per heavy atom. The molecule has 0 spiro atoms. The highest BCUT2D eigenvalue weighted by Gasteiger charge is 2.16. The molecule has 1 unspecified atom stereocenters. The number of ketones is 1. The van der Waals surface area contributed by atoms with E-state index < -0.39 is 0 Å². The summed E-state index contributed by atoms with van der Waals surface area (Å²) in [6.07, 6.45) is 0. The van der Waals surface area contributed by atoms with Crippen molar-refractivity contribution in [1.29, 1.82) is 0 Å². The minimum absolute atomic E-state index is 0.0747. The lowest BCUT2D eigenvalue weighted by atomic mass is 10.1. The molecule has 19 heavy (non-hydrogen) atoms. The predicted molar refractivity (Wildman–Crippen MR) is 72.4 cm³/mol. The van der Waals surface area contributed by atoms with Crippen LogP contribution in [0.15, 0.2) is 53.4 Å². The molecule has 2 rings (SSSR count). The van der Waals surface area contributed by atoms with E-state index in [0.29, 0.717) is 5.56 Å². The molecule has 0 radical (unpaired) electrons. The molecule has 0 saturated heterocycles. The van der Waals surface area contributed by atoms with Crippen LogP contribution in [0.4, 0.5) is 8.78 Å². The summed E-state index contributed by atoms with van der Waals surface area (Å²) in [5.74, 6) is -0.744. The molecule has 0 saturated carbocycles. The lowest BCUT2D eigenvalue weighted by Crippen LogP contribution is -2.13. The van der Waals surface area contributed by atoms with Gasteiger partial charge in [0.15, 0.2) is 5.78 Å². The molecule has 0 heterocycles. The highest BCUT2D eigenvalue weighted by Crippen LogP contribution is 2.25. The smallest absolute Gasteiger partial charge is 0.175 e. The molecular weight excluding hydrogens is 266 g/mol. The van der Waals surface area contributed by atoms with Crippen LogP contribution in [0.25, 0.3) is 0 Å². The van der Waals surface area contributed by atoms with E-state index in [1.54, 1.807) is 19.1 Å². The number of carbonyl (C=O) groups excluding carboxylic acids is 1. The summed E-state index contributed by atoms with van der Waals surface area (Å²) in [4.78, 5) is 12.9. The molecule has 0 amide bonds. The largest absolute Gasteiger partial charge is 0.293 e. The van der Waals surface area contributed by atoms with Crippen molar-refractivity contribution in [3.8, 4) is 0 Å². The molecule has 0 aliphatic rings. The fourth-order valence-electron chi connectivity index (χ4n) is 1.62. The molecule has 2 aromatic rings. The van der Waals surface area contributed by atoms with Crippen molar-refractivity contribution in [3.63, 3.8) is 0 Å². The van der Waals surface area contributed by atoms with Crippen LogP contribution in [0.5, 0.6) is 0 Å². The minimum atomic E-state index is -0.365. The van der Waals surface area contributed by atoms with Crippen molar-refractivity contribution in [2.45, 2.75) is 17.1 Å². The third-order valence-corrected chi connectivity index (χ3v) is 3.74. The van der Waals surface area contributed by atoms with Crippen LogP contribution < -0.4 is 0 Å². The van der Waals surface area contributed by atoms with Crippen LogP contribution in [-0.4, -0.2) is 11.0 Å². The van der Waals surface area contributed by atoms with Gasteiger partial charge >= 0.3 is 0 Å². The van der Waals surface area contributed by atoms with Gasteiger partial charge in [0.2, 0.25) is 0 Å². The second kappa shape index (κ2) is 5.97. The van der Waals surface area contributed by atoms with Gasteiger partial charge in [0, 0.05) is 10.5 Å². The molecule has 0 fully saturated rings. The highest BCUT2D eigenvalue weighted by atomic mass is 32.2. The quantitative estimate of drug-likeness (QED) is 0.611. The fraction of sp³-hybridized carbons (Fsp3) is 0.133. The maximum Gasteiger partial charge on any atom is 0.175 e. The second-order valence-electron chi connectivity index (χ2n) is 4.09. The summed E-state index contributed by atoms with van der Waals surface area (Å²) in [5.41, 5.74) is 0.475. The van der Waals surface area contributed by atoms with E-state index in [2.05, 4.69) is 0 Å². The van der Waals surface area contributed by atoms with Crippen LogP contribution in [0.2, 0.25) is 0 Å². The third-order valence-electron chi connectivity index (χ3n) is 2.62. The fourth-order valence-corrected chi connectivity index (χ4v) is 2.56. The number of thioether (sulfide) groups is 1. The zero-order chi connectivity index (χ0) is 13.8. The van der Waals surface area contributed by atoms with Crippen LogP contribution >= 0.6 is 11.8 Å². The van der Waals surface area contributed by atoms with E-state index in [1.807, 2.05) is 0 Å². The van der Waals surface area contributed by atoms with Crippen molar-refractivity contribution in [2.24, 2.45) is 0 Å². The first-order chi connectivity index (χ1) is 9.06. The summed E-state index contributed by atoms with van der Waals surface area (Å²) >= 11 is 1.35. The number of benzene rings is 2. The van der Waals surface area contributed by atoms with Crippen molar-refractivity contribution >= 4 is 17.5 Å².